The number of likely N-dealkylation sites (tertiary alicyclic amines) is 1. The van der Waals surface area contributed by atoms with Crippen LogP contribution in [0.25, 0.3) is 0 Å². The fourth-order valence-electron chi connectivity index (χ4n) is 4.90. The maximum Gasteiger partial charge on any atom is 0.236 e. The van der Waals surface area contributed by atoms with Gasteiger partial charge in [-0.3, -0.25) is 14.5 Å². The molecule has 2 N–H and O–H groups in total. The van der Waals surface area contributed by atoms with Crippen LogP contribution in [0.1, 0.15) is 35.6 Å². The van der Waals surface area contributed by atoms with Crippen LogP contribution in [-0.2, 0) is 16.0 Å². The molecular weight excluding hydrogens is 406 g/mol. The number of nitrogens with two attached hydrogens (primary N) is 1. The lowest BCUT2D eigenvalue weighted by molar-refractivity contribution is -0.136. The third kappa shape index (κ3) is 4.43. The van der Waals surface area contributed by atoms with E-state index in [-0.39, 0.29) is 23.8 Å². The predicted octanol–water partition coefficient (Wildman–Crippen LogP) is 2.38. The minimum atomic E-state index is -0.322. The van der Waals surface area contributed by atoms with Crippen molar-refractivity contribution < 1.29 is 19.1 Å². The number of hydrogen-bond donors (Lipinski definition) is 1. The second kappa shape index (κ2) is 9.61. The minimum absolute atomic E-state index is 0.0424. The zero-order valence-corrected chi connectivity index (χ0v) is 18.8. The average Bonchev–Trinajstić information content (AvgIpc) is 2.83. The van der Waals surface area contributed by atoms with Gasteiger partial charge < -0.3 is 20.1 Å². The summed E-state index contributed by atoms with van der Waals surface area (Å²) in [4.78, 5) is 28.9. The van der Waals surface area contributed by atoms with Gasteiger partial charge in [-0.2, -0.15) is 0 Å². The van der Waals surface area contributed by atoms with E-state index < -0.39 is 0 Å². The van der Waals surface area contributed by atoms with Crippen LogP contribution < -0.4 is 15.2 Å². The van der Waals surface area contributed by atoms with E-state index in [2.05, 4.69) is 17.0 Å². The van der Waals surface area contributed by atoms with Crippen LogP contribution in [0, 0.1) is 5.92 Å². The molecule has 2 aromatic rings. The molecule has 4 rings (SSSR count). The molecule has 0 radical (unpaired) electrons. The first kappa shape index (κ1) is 22.1. The molecule has 0 aliphatic carbocycles. The zero-order valence-electron chi connectivity index (χ0n) is 18.8. The first-order valence-corrected chi connectivity index (χ1v) is 11.1. The molecule has 0 bridgehead atoms. The Morgan fingerprint density at radius 3 is 2.47 bits per heavy atom. The smallest absolute Gasteiger partial charge is 0.236 e. The van der Waals surface area contributed by atoms with Crippen molar-refractivity contribution >= 4 is 11.8 Å². The molecule has 1 saturated heterocycles. The van der Waals surface area contributed by atoms with Crippen LogP contribution in [0.3, 0.4) is 0 Å². The molecule has 32 heavy (non-hydrogen) atoms. The van der Waals surface area contributed by atoms with Gasteiger partial charge in [-0.1, -0.05) is 30.3 Å². The monoisotopic (exact) mass is 437 g/mol. The highest BCUT2D eigenvalue weighted by atomic mass is 16.5. The topological polar surface area (TPSA) is 85.1 Å². The molecule has 170 valence electrons. The molecule has 7 nitrogen and oxygen atoms in total. The number of carbonyl (C=O) groups excluding carboxylic acids is 2. The van der Waals surface area contributed by atoms with Crippen molar-refractivity contribution in [1.82, 2.24) is 9.80 Å². The summed E-state index contributed by atoms with van der Waals surface area (Å²) in [6.45, 7) is 2.13. The maximum atomic E-state index is 13.2. The van der Waals surface area contributed by atoms with Crippen molar-refractivity contribution in [3.63, 3.8) is 0 Å². The molecular formula is C25H31N3O4. The van der Waals surface area contributed by atoms with Gasteiger partial charge in [0.15, 0.2) is 11.5 Å². The van der Waals surface area contributed by atoms with Gasteiger partial charge in [-0.25, -0.2) is 0 Å². The highest BCUT2D eigenvalue weighted by Crippen LogP contribution is 2.41. The van der Waals surface area contributed by atoms with E-state index in [0.717, 1.165) is 36.9 Å². The second-order valence-corrected chi connectivity index (χ2v) is 8.52. The molecule has 2 amide bonds. The Labute approximate surface area is 189 Å². The van der Waals surface area contributed by atoms with Gasteiger partial charge >= 0.3 is 0 Å². The Morgan fingerprint density at radius 2 is 1.78 bits per heavy atom. The molecule has 0 spiro atoms. The number of piperidine rings is 1. The number of amides is 2. The Morgan fingerprint density at radius 1 is 1.06 bits per heavy atom. The van der Waals surface area contributed by atoms with Crippen molar-refractivity contribution in [1.29, 1.82) is 0 Å². The van der Waals surface area contributed by atoms with Crippen molar-refractivity contribution in [2.45, 2.75) is 25.3 Å². The van der Waals surface area contributed by atoms with Gasteiger partial charge in [-0.15, -0.1) is 0 Å². The molecule has 2 heterocycles. The molecule has 2 aliphatic heterocycles. The van der Waals surface area contributed by atoms with Gasteiger partial charge in [0.1, 0.15) is 0 Å². The molecule has 1 fully saturated rings. The number of ether oxygens (including phenoxy) is 2. The van der Waals surface area contributed by atoms with Gasteiger partial charge in [0, 0.05) is 19.6 Å². The fraction of sp³-hybridized carbons (Fsp3) is 0.440. The number of carbonyl (C=O) groups is 2. The van der Waals surface area contributed by atoms with Crippen molar-refractivity contribution in [3.05, 3.63) is 59.2 Å². The summed E-state index contributed by atoms with van der Waals surface area (Å²) >= 11 is 0. The Bertz CT molecular complexity index is 979. The third-order valence-corrected chi connectivity index (χ3v) is 6.60. The van der Waals surface area contributed by atoms with E-state index in [1.807, 2.05) is 30.3 Å². The van der Waals surface area contributed by atoms with Crippen LogP contribution in [0.4, 0.5) is 0 Å². The predicted molar refractivity (Wildman–Crippen MR) is 122 cm³/mol. The van der Waals surface area contributed by atoms with Crippen LogP contribution in [-0.4, -0.2) is 62.0 Å². The molecule has 2 unspecified atom stereocenters. The molecule has 2 aliphatic rings. The molecule has 0 aromatic heterocycles. The van der Waals surface area contributed by atoms with E-state index >= 15 is 0 Å². The first-order chi connectivity index (χ1) is 15.5. The highest BCUT2D eigenvalue weighted by molar-refractivity contribution is 5.81. The summed E-state index contributed by atoms with van der Waals surface area (Å²) in [6, 6.07) is 14.2. The summed E-state index contributed by atoms with van der Waals surface area (Å²) in [6.07, 6.45) is 2.38. The van der Waals surface area contributed by atoms with E-state index in [9.17, 15) is 9.59 Å². The van der Waals surface area contributed by atoms with Crippen molar-refractivity contribution in [3.8, 4) is 11.5 Å². The number of benzene rings is 2. The summed E-state index contributed by atoms with van der Waals surface area (Å²) in [7, 11) is 3.28. The summed E-state index contributed by atoms with van der Waals surface area (Å²) in [5, 5.41) is 0. The second-order valence-electron chi connectivity index (χ2n) is 8.52. The van der Waals surface area contributed by atoms with Crippen molar-refractivity contribution in [2.24, 2.45) is 11.7 Å². The van der Waals surface area contributed by atoms with Crippen LogP contribution in [0.2, 0.25) is 0 Å². The number of methoxy groups -OCH3 is 2. The zero-order chi connectivity index (χ0) is 22.7. The van der Waals surface area contributed by atoms with E-state index in [1.54, 1.807) is 19.1 Å². The highest BCUT2D eigenvalue weighted by Gasteiger charge is 2.34. The van der Waals surface area contributed by atoms with E-state index in [1.165, 1.54) is 5.56 Å². The maximum absolute atomic E-state index is 13.2. The number of hydrogen-bond acceptors (Lipinski definition) is 5. The van der Waals surface area contributed by atoms with E-state index in [4.69, 9.17) is 15.2 Å². The SMILES string of the molecule is COc1cc2c(cc1OC)C(c1ccccc1)N(CC(=O)N1CCCC(C(N)=O)C1)CC2. The number of primary amides is 1. The number of rotatable bonds is 6. The molecule has 2 atom stereocenters. The van der Waals surface area contributed by atoms with Crippen molar-refractivity contribution in [2.75, 3.05) is 40.4 Å². The number of nitrogens with zero attached hydrogens (tertiary/aromatic N) is 2. The first-order valence-electron chi connectivity index (χ1n) is 11.1. The van der Waals surface area contributed by atoms with Gasteiger partial charge in [0.05, 0.1) is 32.7 Å². The summed E-state index contributed by atoms with van der Waals surface area (Å²) in [5.74, 6) is 0.865. The van der Waals surface area contributed by atoms with Gasteiger partial charge in [0.25, 0.3) is 0 Å². The minimum Gasteiger partial charge on any atom is -0.493 e. The summed E-state index contributed by atoms with van der Waals surface area (Å²) in [5.41, 5.74) is 8.96. The number of fused-ring (bicyclic) bond motifs is 1. The van der Waals surface area contributed by atoms with Crippen LogP contribution in [0.15, 0.2) is 42.5 Å². The van der Waals surface area contributed by atoms with Gasteiger partial charge in [-0.05, 0) is 48.1 Å². The lowest BCUT2D eigenvalue weighted by atomic mass is 9.87. The van der Waals surface area contributed by atoms with E-state index in [0.29, 0.717) is 31.1 Å². The lowest BCUT2D eigenvalue weighted by Gasteiger charge is -2.39. The molecule has 2 aromatic carbocycles. The molecule has 7 heteroatoms. The molecule has 0 saturated carbocycles. The summed E-state index contributed by atoms with van der Waals surface area (Å²) < 4.78 is 11.1. The fourth-order valence-corrected chi connectivity index (χ4v) is 4.90. The quantitative estimate of drug-likeness (QED) is 0.750. The van der Waals surface area contributed by atoms with Crippen LogP contribution >= 0.6 is 0 Å². The van der Waals surface area contributed by atoms with Crippen LogP contribution in [0.5, 0.6) is 11.5 Å². The standard InChI is InChI=1S/C25H31N3O4/c1-31-21-13-18-10-12-28(16-23(29)27-11-6-9-19(15-27)25(26)30)24(17-7-4-3-5-8-17)20(18)14-22(21)32-2/h3-5,7-8,13-14,19,24H,6,9-12,15-16H2,1-2H3,(H2,26,30). The Balaban J connectivity index is 1.64. The average molecular weight is 438 g/mol. The normalized spacial score (nSPS) is 21.0. The largest absolute Gasteiger partial charge is 0.493 e. The Hall–Kier alpha value is -3.06. The lowest BCUT2D eigenvalue weighted by Crippen LogP contribution is -2.49. The third-order valence-electron chi connectivity index (χ3n) is 6.60. The Kier molecular flexibility index (Phi) is 6.65. The van der Waals surface area contributed by atoms with Gasteiger partial charge in [0.2, 0.25) is 11.8 Å².